The molecule has 1 unspecified atom stereocenters. The van der Waals surface area contributed by atoms with Crippen LogP contribution < -0.4 is 21.4 Å². The zero-order chi connectivity index (χ0) is 34.5. The van der Waals surface area contributed by atoms with Gasteiger partial charge in [0.05, 0.1) is 16.4 Å². The molecule has 50 heavy (non-hydrogen) atoms. The Morgan fingerprint density at radius 1 is 0.800 bits per heavy atom. The fraction of sp³-hybridized carbons (Fsp3) is 0.191. The van der Waals surface area contributed by atoms with Gasteiger partial charge in [-0.15, -0.1) is 0 Å². The molecule has 0 spiro atoms. The Morgan fingerprint density at radius 2 is 1.50 bits per heavy atom. The van der Waals surface area contributed by atoms with E-state index in [0.29, 0.717) is 0 Å². The Morgan fingerprint density at radius 3 is 2.26 bits per heavy atom. The van der Waals surface area contributed by atoms with Crippen molar-refractivity contribution in [2.24, 2.45) is 0 Å². The lowest BCUT2D eigenvalue weighted by atomic mass is 9.84. The van der Waals surface area contributed by atoms with Gasteiger partial charge >= 0.3 is 0 Å². The number of fused-ring (bicyclic) bond motifs is 3. The average molecular weight is 654 g/mol. The topological polar surface area (TPSA) is 29.0 Å². The summed E-state index contributed by atoms with van der Waals surface area (Å²) in [6, 6.07) is 34.8. The monoisotopic (exact) mass is 653 g/mol. The van der Waals surface area contributed by atoms with Crippen LogP contribution in [0, 0.1) is 6.92 Å². The quantitative estimate of drug-likeness (QED) is 0.104. The molecule has 7 rings (SSSR count). The minimum atomic E-state index is -0.531. The maximum atomic E-state index is 4.67. The van der Waals surface area contributed by atoms with E-state index in [-0.39, 0.29) is 0 Å². The van der Waals surface area contributed by atoms with Gasteiger partial charge in [0.1, 0.15) is 5.82 Å². The van der Waals surface area contributed by atoms with Crippen LogP contribution in [0.15, 0.2) is 146 Å². The van der Waals surface area contributed by atoms with Crippen molar-refractivity contribution in [3.05, 3.63) is 179 Å². The second-order valence-corrected chi connectivity index (χ2v) is 13.6. The number of hydrogen-bond donors (Lipinski definition) is 2. The summed E-state index contributed by atoms with van der Waals surface area (Å²) in [5, 5.41) is 3.82. The molecule has 3 heteroatoms. The molecular formula is C47H47N3. The number of aryl methyl sites for hydroxylation is 1. The van der Waals surface area contributed by atoms with Gasteiger partial charge in [-0.3, -0.25) is 4.57 Å². The highest BCUT2D eigenvalue weighted by atomic mass is 15.4. The lowest BCUT2D eigenvalue weighted by Crippen LogP contribution is -2.49. The maximum Gasteiger partial charge on any atom is 0.118 e. The molecule has 250 valence electrons. The second kappa shape index (κ2) is 14.6. The first-order valence-corrected chi connectivity index (χ1v) is 17.9. The summed E-state index contributed by atoms with van der Waals surface area (Å²) in [5.74, 6) is 0.809. The first-order chi connectivity index (χ1) is 24.5. The molecule has 0 radical (unpaired) electrons. The van der Waals surface area contributed by atoms with E-state index in [1.165, 1.54) is 61.3 Å². The van der Waals surface area contributed by atoms with Gasteiger partial charge in [0.25, 0.3) is 0 Å². The van der Waals surface area contributed by atoms with Crippen molar-refractivity contribution in [1.82, 2.24) is 15.4 Å². The van der Waals surface area contributed by atoms with Gasteiger partial charge in [-0.05, 0) is 91.3 Å². The van der Waals surface area contributed by atoms with E-state index in [4.69, 9.17) is 0 Å². The number of nitrogens with one attached hydrogen (secondary N) is 2. The molecule has 5 aromatic rings. The molecule has 0 fully saturated rings. The Kier molecular flexibility index (Phi) is 9.69. The van der Waals surface area contributed by atoms with Crippen molar-refractivity contribution in [2.45, 2.75) is 57.9 Å². The van der Waals surface area contributed by atoms with E-state index in [2.05, 4.69) is 170 Å². The number of benzene rings is 4. The fourth-order valence-electron chi connectivity index (χ4n) is 7.81. The van der Waals surface area contributed by atoms with Gasteiger partial charge in [0.15, 0.2) is 0 Å². The zero-order valence-corrected chi connectivity index (χ0v) is 29.4. The molecule has 2 aliphatic carbocycles. The van der Waals surface area contributed by atoms with Crippen molar-refractivity contribution < 1.29 is 0 Å². The van der Waals surface area contributed by atoms with Gasteiger partial charge < -0.3 is 5.43 Å². The van der Waals surface area contributed by atoms with Crippen LogP contribution in [0.4, 0.5) is 0 Å². The van der Waals surface area contributed by atoms with Crippen molar-refractivity contribution >= 4 is 34.4 Å². The predicted molar refractivity (Wildman–Crippen MR) is 214 cm³/mol. The van der Waals surface area contributed by atoms with Crippen molar-refractivity contribution in [3.8, 4) is 11.1 Å². The van der Waals surface area contributed by atoms with Gasteiger partial charge in [-0.1, -0.05) is 158 Å². The molecule has 3 nitrogen and oxygen atoms in total. The average Bonchev–Trinajstić information content (AvgIpc) is 3.77. The summed E-state index contributed by atoms with van der Waals surface area (Å²) in [5.41, 5.74) is 18.6. The Labute approximate surface area is 297 Å². The van der Waals surface area contributed by atoms with Crippen LogP contribution >= 0.6 is 0 Å². The third-order valence-corrected chi connectivity index (χ3v) is 10.5. The summed E-state index contributed by atoms with van der Waals surface area (Å²) < 4.78 is 2.35. The third-order valence-electron chi connectivity index (χ3n) is 10.5. The Hall–Kier alpha value is -5.38. The number of hydrogen-bond acceptors (Lipinski definition) is 2. The molecule has 4 aromatic carbocycles. The standard InChI is InChI=1S/C47H47N3/c1-5-6-7-8-11-21-38-22-18-26-42(38)41-32-33-44-43-25-16-17-27-45(43)50(46(44)34(41)2)35(3)48-49-47(4,39-23-14-10-15-24-39)40-30-28-37(29-31-40)36-19-12-9-13-20-36/h5-15,19-20,23-25,27-33,48-49H,1,3,16-18,21-22,26H2,2,4H3/b7-6-,11-8?. The second-order valence-electron chi connectivity index (χ2n) is 13.6. The van der Waals surface area contributed by atoms with Crippen LogP contribution in [-0.2, 0) is 5.54 Å². The first-order valence-electron chi connectivity index (χ1n) is 17.9. The number of nitrogens with zero attached hydrogens (tertiary/aromatic N) is 1. The SMILES string of the molecule is C=C/C=C\C=CCC1=C(c2ccc3c4c(n(C(=C)NNC(C)(c5ccccc5)c5ccc(-c6ccccc6)cc5)c3c2C)=CCCC=4)CCC1. The zero-order valence-electron chi connectivity index (χ0n) is 29.4. The Bertz CT molecular complexity index is 2250. The molecule has 2 N–H and O–H groups in total. The summed E-state index contributed by atoms with van der Waals surface area (Å²) in [4.78, 5) is 0. The van der Waals surface area contributed by atoms with Crippen LogP contribution in [0.5, 0.6) is 0 Å². The van der Waals surface area contributed by atoms with E-state index in [1.54, 1.807) is 5.57 Å². The summed E-state index contributed by atoms with van der Waals surface area (Å²) in [6.07, 6.45) is 21.6. The number of rotatable bonds is 12. The molecule has 1 aromatic heterocycles. The smallest absolute Gasteiger partial charge is 0.118 e. The van der Waals surface area contributed by atoms with E-state index < -0.39 is 5.54 Å². The van der Waals surface area contributed by atoms with Gasteiger partial charge in [0.2, 0.25) is 0 Å². The van der Waals surface area contributed by atoms with Gasteiger partial charge in [-0.25, -0.2) is 5.43 Å². The van der Waals surface area contributed by atoms with Crippen LogP contribution in [0.25, 0.3) is 45.6 Å². The van der Waals surface area contributed by atoms with Crippen LogP contribution in [0.3, 0.4) is 0 Å². The Balaban J connectivity index is 1.26. The van der Waals surface area contributed by atoms with Crippen molar-refractivity contribution in [3.63, 3.8) is 0 Å². The van der Waals surface area contributed by atoms with Crippen LogP contribution in [0.2, 0.25) is 0 Å². The largest absolute Gasteiger partial charge is 0.306 e. The van der Waals surface area contributed by atoms with E-state index in [9.17, 15) is 0 Å². The van der Waals surface area contributed by atoms with Gasteiger partial charge in [0, 0.05) is 10.6 Å². The number of aromatic nitrogens is 1. The lowest BCUT2D eigenvalue weighted by molar-refractivity contribution is 0.404. The lowest BCUT2D eigenvalue weighted by Gasteiger charge is -2.33. The van der Waals surface area contributed by atoms with E-state index in [0.717, 1.165) is 43.5 Å². The van der Waals surface area contributed by atoms with E-state index in [1.807, 2.05) is 12.2 Å². The molecule has 1 atom stereocenters. The molecular weight excluding hydrogens is 607 g/mol. The summed E-state index contributed by atoms with van der Waals surface area (Å²) in [6.45, 7) is 13.0. The van der Waals surface area contributed by atoms with Crippen molar-refractivity contribution in [2.75, 3.05) is 0 Å². The minimum Gasteiger partial charge on any atom is -0.306 e. The predicted octanol–water partition coefficient (Wildman–Crippen LogP) is 10.1. The summed E-state index contributed by atoms with van der Waals surface area (Å²) in [7, 11) is 0. The maximum absolute atomic E-state index is 4.67. The molecule has 1 heterocycles. The van der Waals surface area contributed by atoms with Crippen LogP contribution in [0.1, 0.15) is 67.7 Å². The molecule has 0 bridgehead atoms. The first kappa shape index (κ1) is 33.1. The molecule has 0 saturated heterocycles. The molecule has 0 aliphatic heterocycles. The van der Waals surface area contributed by atoms with Gasteiger partial charge in [-0.2, -0.15) is 0 Å². The normalized spacial score (nSPS) is 15.6. The van der Waals surface area contributed by atoms with Crippen molar-refractivity contribution in [1.29, 1.82) is 0 Å². The highest BCUT2D eigenvalue weighted by Gasteiger charge is 2.29. The minimum absolute atomic E-state index is 0.531. The highest BCUT2D eigenvalue weighted by molar-refractivity contribution is 5.92. The molecule has 2 aliphatic rings. The number of hydrazine groups is 1. The molecule has 0 amide bonds. The number of allylic oxidation sites excluding steroid dienone is 7. The fourth-order valence-corrected chi connectivity index (χ4v) is 7.81. The summed E-state index contributed by atoms with van der Waals surface area (Å²) >= 11 is 0. The van der Waals surface area contributed by atoms with E-state index >= 15 is 0 Å². The molecule has 0 saturated carbocycles. The third kappa shape index (κ3) is 6.37. The highest BCUT2D eigenvalue weighted by Crippen LogP contribution is 2.39. The van der Waals surface area contributed by atoms with Crippen LogP contribution in [-0.4, -0.2) is 4.57 Å².